The van der Waals surface area contributed by atoms with Crippen molar-refractivity contribution < 1.29 is 20.1 Å². The van der Waals surface area contributed by atoms with Crippen LogP contribution in [0.15, 0.2) is 0 Å². The van der Waals surface area contributed by atoms with Gasteiger partial charge < -0.3 is 15.3 Å². The molecule has 0 aromatic heterocycles. The molecule has 0 radical (unpaired) electrons. The summed E-state index contributed by atoms with van der Waals surface area (Å²) in [5.74, 6) is -1.34. The molecule has 0 saturated heterocycles. The van der Waals surface area contributed by atoms with E-state index >= 15 is 0 Å². The zero-order valence-corrected chi connectivity index (χ0v) is 4.03. The monoisotopic (exact) mass is 118 g/mol. The molecule has 4 heteroatoms. The minimum Gasteiger partial charge on any atom is -0.479 e. The van der Waals surface area contributed by atoms with Gasteiger partial charge in [-0.25, -0.2) is 4.79 Å². The summed E-state index contributed by atoms with van der Waals surface area (Å²) in [6, 6.07) is 0. The predicted octanol–water partition coefficient (Wildman–Crippen LogP) is -1.43. The van der Waals surface area contributed by atoms with Crippen LogP contribution in [0.1, 0.15) is 6.42 Å². The summed E-state index contributed by atoms with van der Waals surface area (Å²) in [7, 11) is 0. The third kappa shape index (κ3) is 0.502. The Kier molecular flexibility index (Phi) is 0.835. The zero-order chi connectivity index (χ0) is 6.36. The molecule has 1 saturated carbocycles. The van der Waals surface area contributed by atoms with Crippen molar-refractivity contribution in [3.63, 3.8) is 0 Å². The first-order valence-corrected chi connectivity index (χ1v) is 2.21. The summed E-state index contributed by atoms with van der Waals surface area (Å²) in [6.45, 7) is 0. The zero-order valence-electron chi connectivity index (χ0n) is 4.03. The number of carboxylic acid groups (broad SMARTS) is 1. The van der Waals surface area contributed by atoms with Gasteiger partial charge in [0, 0.05) is 6.42 Å². The molecule has 0 aromatic carbocycles. The Morgan fingerprint density at radius 1 is 1.75 bits per heavy atom. The van der Waals surface area contributed by atoms with Gasteiger partial charge in [-0.2, -0.15) is 0 Å². The molecule has 4 nitrogen and oxygen atoms in total. The van der Waals surface area contributed by atoms with E-state index in [1.807, 2.05) is 0 Å². The highest BCUT2D eigenvalue weighted by atomic mass is 16.4. The number of aliphatic hydroxyl groups excluding tert-OH is 1. The summed E-state index contributed by atoms with van der Waals surface area (Å²) in [5, 5.41) is 25.1. The number of carboxylic acids is 1. The molecule has 1 aliphatic rings. The van der Waals surface area contributed by atoms with Gasteiger partial charge >= 0.3 is 5.97 Å². The first-order chi connectivity index (χ1) is 3.57. The van der Waals surface area contributed by atoms with E-state index in [-0.39, 0.29) is 6.42 Å². The molecule has 1 rings (SSSR count). The molecule has 0 aromatic rings. The van der Waals surface area contributed by atoms with Gasteiger partial charge in [0.2, 0.25) is 0 Å². The molecule has 46 valence electrons. The second-order valence-electron chi connectivity index (χ2n) is 1.95. The Labute approximate surface area is 45.4 Å². The Bertz CT molecular complexity index is 132. The Hall–Kier alpha value is -0.610. The lowest BCUT2D eigenvalue weighted by Crippen LogP contribution is -2.25. The third-order valence-corrected chi connectivity index (χ3v) is 1.27. The van der Waals surface area contributed by atoms with Crippen molar-refractivity contribution in [1.29, 1.82) is 0 Å². The molecule has 0 heterocycles. The molecule has 3 N–H and O–H groups in total. The molecular formula is C4H6O4. The SMILES string of the molecule is O=C(O)C1(O)CC1O. The van der Waals surface area contributed by atoms with E-state index in [1.54, 1.807) is 0 Å². The van der Waals surface area contributed by atoms with E-state index in [0.29, 0.717) is 0 Å². The molecule has 0 bridgehead atoms. The maximum Gasteiger partial charge on any atom is 0.338 e. The lowest BCUT2D eigenvalue weighted by molar-refractivity contribution is -0.151. The normalized spacial score (nSPS) is 44.0. The quantitative estimate of drug-likeness (QED) is 0.394. The summed E-state index contributed by atoms with van der Waals surface area (Å²) >= 11 is 0. The molecule has 1 fully saturated rings. The highest BCUT2D eigenvalue weighted by Gasteiger charge is 2.59. The maximum atomic E-state index is 9.88. The summed E-state index contributed by atoms with van der Waals surface area (Å²) in [4.78, 5) is 9.88. The second kappa shape index (κ2) is 1.21. The first-order valence-electron chi connectivity index (χ1n) is 2.21. The average molecular weight is 118 g/mol. The molecule has 2 unspecified atom stereocenters. The van der Waals surface area contributed by atoms with Gasteiger partial charge in [0.05, 0.1) is 6.10 Å². The Morgan fingerprint density at radius 2 is 2.12 bits per heavy atom. The lowest BCUT2D eigenvalue weighted by atomic mass is 10.3. The Morgan fingerprint density at radius 3 is 2.12 bits per heavy atom. The van der Waals surface area contributed by atoms with Crippen LogP contribution in [-0.2, 0) is 4.79 Å². The van der Waals surface area contributed by atoms with Crippen LogP contribution in [0.5, 0.6) is 0 Å². The van der Waals surface area contributed by atoms with Crippen LogP contribution >= 0.6 is 0 Å². The predicted molar refractivity (Wildman–Crippen MR) is 23.2 cm³/mol. The van der Waals surface area contributed by atoms with Gasteiger partial charge in [-0.15, -0.1) is 0 Å². The van der Waals surface area contributed by atoms with Gasteiger partial charge in [0.15, 0.2) is 5.60 Å². The number of rotatable bonds is 1. The number of hydrogen-bond donors (Lipinski definition) is 3. The molecule has 0 spiro atoms. The molecule has 0 aliphatic heterocycles. The summed E-state index contributed by atoms with van der Waals surface area (Å²) in [5.41, 5.74) is -1.82. The van der Waals surface area contributed by atoms with E-state index in [4.69, 9.17) is 15.3 Å². The van der Waals surface area contributed by atoms with Gasteiger partial charge in [-0.3, -0.25) is 0 Å². The highest BCUT2D eigenvalue weighted by molar-refractivity contribution is 5.82. The van der Waals surface area contributed by atoms with Crippen LogP contribution in [0.3, 0.4) is 0 Å². The lowest BCUT2D eigenvalue weighted by Gasteiger charge is -1.96. The molecule has 8 heavy (non-hydrogen) atoms. The topological polar surface area (TPSA) is 77.8 Å². The number of aliphatic hydroxyl groups is 2. The average Bonchev–Trinajstić information content (AvgIpc) is 2.17. The van der Waals surface area contributed by atoms with Crippen molar-refractivity contribution in [2.24, 2.45) is 0 Å². The number of aliphatic carboxylic acids is 1. The molecule has 2 atom stereocenters. The summed E-state index contributed by atoms with van der Waals surface area (Å²) in [6.07, 6.45) is -1.09. The van der Waals surface area contributed by atoms with Crippen LogP contribution in [0.4, 0.5) is 0 Å². The summed E-state index contributed by atoms with van der Waals surface area (Å²) < 4.78 is 0. The van der Waals surface area contributed by atoms with Crippen LogP contribution in [-0.4, -0.2) is 33.0 Å². The van der Waals surface area contributed by atoms with E-state index in [1.165, 1.54) is 0 Å². The first kappa shape index (κ1) is 5.53. The second-order valence-corrected chi connectivity index (χ2v) is 1.95. The van der Waals surface area contributed by atoms with Crippen LogP contribution in [0.2, 0.25) is 0 Å². The molecule has 1 aliphatic carbocycles. The van der Waals surface area contributed by atoms with Crippen molar-refractivity contribution in [3.05, 3.63) is 0 Å². The van der Waals surface area contributed by atoms with Crippen molar-refractivity contribution in [3.8, 4) is 0 Å². The van der Waals surface area contributed by atoms with Gasteiger partial charge in [-0.1, -0.05) is 0 Å². The van der Waals surface area contributed by atoms with Crippen molar-refractivity contribution >= 4 is 5.97 Å². The van der Waals surface area contributed by atoms with E-state index in [2.05, 4.69) is 0 Å². The minimum absolute atomic E-state index is 0.0394. The number of carbonyl (C=O) groups is 1. The molecule has 0 amide bonds. The van der Waals surface area contributed by atoms with E-state index in [9.17, 15) is 4.79 Å². The highest BCUT2D eigenvalue weighted by Crippen LogP contribution is 2.35. The largest absolute Gasteiger partial charge is 0.479 e. The van der Waals surface area contributed by atoms with E-state index in [0.717, 1.165) is 0 Å². The third-order valence-electron chi connectivity index (χ3n) is 1.27. The van der Waals surface area contributed by atoms with Crippen molar-refractivity contribution in [2.75, 3.05) is 0 Å². The van der Waals surface area contributed by atoms with Crippen molar-refractivity contribution in [2.45, 2.75) is 18.1 Å². The fourth-order valence-electron chi connectivity index (χ4n) is 0.466. The van der Waals surface area contributed by atoms with Gasteiger partial charge in [-0.05, 0) is 0 Å². The molecular weight excluding hydrogens is 112 g/mol. The van der Waals surface area contributed by atoms with Gasteiger partial charge in [0.25, 0.3) is 0 Å². The van der Waals surface area contributed by atoms with Crippen LogP contribution in [0.25, 0.3) is 0 Å². The van der Waals surface area contributed by atoms with Crippen LogP contribution < -0.4 is 0 Å². The van der Waals surface area contributed by atoms with E-state index < -0.39 is 17.7 Å². The fraction of sp³-hybridized carbons (Fsp3) is 0.750. The Balaban J connectivity index is 2.60. The van der Waals surface area contributed by atoms with Crippen LogP contribution in [0, 0.1) is 0 Å². The minimum atomic E-state index is -1.82. The van der Waals surface area contributed by atoms with Gasteiger partial charge in [0.1, 0.15) is 0 Å². The fourth-order valence-corrected chi connectivity index (χ4v) is 0.466. The van der Waals surface area contributed by atoms with Crippen molar-refractivity contribution in [1.82, 2.24) is 0 Å². The smallest absolute Gasteiger partial charge is 0.338 e. The standard InChI is InChI=1S/C4H6O4/c5-2-1-4(2,8)3(6)7/h2,5,8H,1H2,(H,6,7). The number of hydrogen-bond acceptors (Lipinski definition) is 3. The maximum absolute atomic E-state index is 9.88.